The van der Waals surface area contributed by atoms with E-state index >= 15 is 0 Å². The molecule has 0 bridgehead atoms. The van der Waals surface area contributed by atoms with E-state index in [-0.39, 0.29) is 80.4 Å². The summed E-state index contributed by atoms with van der Waals surface area (Å²) in [5, 5.41) is 29.2. The third kappa shape index (κ3) is 44.3. The first-order chi connectivity index (χ1) is 28.9. The van der Waals surface area contributed by atoms with E-state index in [0.717, 1.165) is 58.7 Å². The van der Waals surface area contributed by atoms with Gasteiger partial charge in [-0.15, -0.1) is 12.4 Å². The van der Waals surface area contributed by atoms with Crippen LogP contribution in [-0.2, 0) is 42.8 Å². The highest BCUT2D eigenvalue weighted by Gasteiger charge is 2.26. The summed E-state index contributed by atoms with van der Waals surface area (Å²) in [6, 6.07) is 0. The number of epoxide rings is 2. The van der Waals surface area contributed by atoms with Crippen molar-refractivity contribution in [2.45, 2.75) is 90.5 Å². The number of amides is 3. The quantitative estimate of drug-likeness (QED) is 0.0185. The number of quaternary nitrogens is 2. The predicted molar refractivity (Wildman–Crippen MR) is 251 cm³/mol. The maximum Gasteiger partial charge on any atom is 0.246 e. The summed E-state index contributed by atoms with van der Waals surface area (Å²) in [6.07, 6.45) is 1.97. The van der Waals surface area contributed by atoms with Crippen molar-refractivity contribution < 1.29 is 86.8 Å². The van der Waals surface area contributed by atoms with Crippen LogP contribution in [0.4, 0.5) is 0 Å². The number of carbonyl (C=O) groups excluding carboxylic acids is 3. The van der Waals surface area contributed by atoms with E-state index in [0.29, 0.717) is 90.5 Å². The molecule has 3 amide bonds. The molecule has 5 N–H and O–H groups in total. The molecule has 17 nitrogen and oxygen atoms in total. The number of likely N-dealkylation sites (N-methyl/N-ethyl adjacent to an activating group) is 2. The molecule has 65 heavy (non-hydrogen) atoms. The van der Waals surface area contributed by atoms with E-state index in [2.05, 4.69) is 40.6 Å². The number of rotatable bonds is 33. The highest BCUT2D eigenvalue weighted by Crippen LogP contribution is 2.12. The summed E-state index contributed by atoms with van der Waals surface area (Å²) in [7, 11) is 12.2. The van der Waals surface area contributed by atoms with Gasteiger partial charge in [-0.25, -0.2) is 0 Å². The van der Waals surface area contributed by atoms with Crippen molar-refractivity contribution in [2.24, 2.45) is 0 Å². The zero-order chi connectivity index (χ0) is 47.3. The van der Waals surface area contributed by atoms with Crippen molar-refractivity contribution in [1.29, 1.82) is 0 Å². The molecule has 0 aliphatic carbocycles. The van der Waals surface area contributed by atoms with Crippen LogP contribution in [0.25, 0.3) is 0 Å². The molecule has 2 heterocycles. The Balaban J connectivity index is -0.000000538. The van der Waals surface area contributed by atoms with Gasteiger partial charge in [0.15, 0.2) is 0 Å². The Bertz CT molecular complexity index is 1320. The van der Waals surface area contributed by atoms with Crippen molar-refractivity contribution in [3.8, 4) is 0 Å². The second-order valence-electron chi connectivity index (χ2n) is 18.2. The van der Waals surface area contributed by atoms with Crippen LogP contribution in [0.1, 0.15) is 53.9 Å². The average Bonchev–Trinajstić information content (AvgIpc) is 4.12. The second-order valence-corrected chi connectivity index (χ2v) is 18.2. The summed E-state index contributed by atoms with van der Waals surface area (Å²) >= 11 is 0. The first-order valence-corrected chi connectivity index (χ1v) is 22.0. The molecule has 0 aromatic rings. The van der Waals surface area contributed by atoms with Gasteiger partial charge in [-0.2, -0.15) is 0 Å². The lowest BCUT2D eigenvalue weighted by atomic mass is 10.2. The summed E-state index contributed by atoms with van der Waals surface area (Å²) in [5.41, 5.74) is 1.56. The molecule has 20 heteroatoms. The van der Waals surface area contributed by atoms with Crippen molar-refractivity contribution >= 4 is 30.1 Å². The van der Waals surface area contributed by atoms with Gasteiger partial charge in [0.25, 0.3) is 0 Å². The van der Waals surface area contributed by atoms with Gasteiger partial charge in [0.05, 0.1) is 106 Å². The van der Waals surface area contributed by atoms with Crippen molar-refractivity contribution in [1.82, 2.24) is 20.9 Å². The maximum atomic E-state index is 11.5. The highest BCUT2D eigenvalue weighted by molar-refractivity contribution is 5.92. The van der Waals surface area contributed by atoms with Gasteiger partial charge in [0, 0.05) is 49.2 Å². The minimum atomic E-state index is -0.619. The lowest BCUT2D eigenvalue weighted by Crippen LogP contribution is -3.00. The largest absolute Gasteiger partial charge is 1.00 e. The van der Waals surface area contributed by atoms with Crippen LogP contribution in [-0.4, -0.2) is 226 Å². The number of hydrogen-bond acceptors (Lipinski definition) is 12. The van der Waals surface area contributed by atoms with Crippen molar-refractivity contribution in [3.63, 3.8) is 0 Å². The van der Waals surface area contributed by atoms with Crippen LogP contribution in [0, 0.1) is 0 Å². The fourth-order valence-corrected chi connectivity index (χ4v) is 5.60. The number of halogens is 3. The third-order valence-electron chi connectivity index (χ3n) is 9.36. The molecule has 2 fully saturated rings. The molecule has 2 aliphatic heterocycles. The lowest BCUT2D eigenvalue weighted by molar-refractivity contribution is -0.893. The normalized spacial score (nSPS) is 16.7. The SMILES string of the molecule is C=C(C)C(=O)NCCCN(C)C.C=C(C)C(=O)NCCC[N+](C)(C)CC(O)COCC(C)OCC(O)C[N+](C)(C)CCCNC(=O)C(=C)C.CC(COCC1CO1)OCC1CO1.Cl.[Cl-].[Cl-]. The van der Waals surface area contributed by atoms with E-state index < -0.39 is 12.2 Å². The highest BCUT2D eigenvalue weighted by atomic mass is 35.5. The van der Waals surface area contributed by atoms with E-state index in [4.69, 9.17) is 28.4 Å². The van der Waals surface area contributed by atoms with Gasteiger partial charge >= 0.3 is 0 Å². The zero-order valence-electron chi connectivity index (χ0n) is 41.6. The molecule has 6 unspecified atom stereocenters. The molecule has 0 aromatic carbocycles. The molecule has 2 aliphatic rings. The van der Waals surface area contributed by atoms with E-state index in [9.17, 15) is 24.6 Å². The summed E-state index contributed by atoms with van der Waals surface area (Å²) in [4.78, 5) is 36.1. The van der Waals surface area contributed by atoms with E-state index in [1.165, 1.54) is 0 Å². The Morgan fingerprint density at radius 3 is 1.42 bits per heavy atom. The minimum absolute atomic E-state index is 0. The summed E-state index contributed by atoms with van der Waals surface area (Å²) < 4.78 is 33.5. The first-order valence-electron chi connectivity index (χ1n) is 22.0. The van der Waals surface area contributed by atoms with Crippen molar-refractivity contribution in [3.05, 3.63) is 36.5 Å². The third-order valence-corrected chi connectivity index (χ3v) is 9.36. The maximum absolute atomic E-state index is 11.5. The standard InChI is InChI=1S/C27H52N4O6.C9H18N2O.C9H16O4.3ClH/c1-21(2)26(34)28-12-10-14-30(6,7)16-24(32)19-36-18-23(5)37-20-25(33)17-31(8,9)15-11-13-29-27(35)22(3)4;1-8(2)9(12)10-6-5-7-11(3)4;1-7(11-4-9-6-13-9)2-10-3-8-5-12-8;;;/h23-25,32-33H,1,3,10-20H2,2,4-9H3;1,5-7H2,2-4H3,(H,10,12);7-9H,2-6H2,1H3;3*1H. The van der Waals surface area contributed by atoms with Crippen LogP contribution < -0.4 is 40.8 Å². The second kappa shape index (κ2) is 39.0. The Hall–Kier alpha value is -1.94. The Morgan fingerprint density at radius 1 is 0.646 bits per heavy atom. The van der Waals surface area contributed by atoms with Crippen LogP contribution in [0.3, 0.4) is 0 Å². The van der Waals surface area contributed by atoms with E-state index in [1.807, 2.05) is 56.1 Å². The van der Waals surface area contributed by atoms with Gasteiger partial charge in [-0.3, -0.25) is 14.4 Å². The molecule has 0 saturated carbocycles. The number of aliphatic hydroxyl groups is 2. The smallest absolute Gasteiger partial charge is 0.246 e. The molecule has 0 spiro atoms. The minimum Gasteiger partial charge on any atom is -1.00 e. The van der Waals surface area contributed by atoms with E-state index in [1.54, 1.807) is 20.8 Å². The Kier molecular flexibility index (Phi) is 41.7. The molecule has 2 rings (SSSR count). The van der Waals surface area contributed by atoms with Crippen LogP contribution in [0.15, 0.2) is 36.5 Å². The van der Waals surface area contributed by atoms with Crippen LogP contribution in [0.5, 0.6) is 0 Å². The topological polar surface area (TPSA) is 193 Å². The molecule has 0 aromatic heterocycles. The number of carbonyl (C=O) groups is 3. The summed E-state index contributed by atoms with van der Waals surface area (Å²) in [5.74, 6) is -0.313. The molecular formula is C45H89Cl3N6O11. The van der Waals surface area contributed by atoms with Gasteiger partial charge in [0.2, 0.25) is 17.7 Å². The van der Waals surface area contributed by atoms with Gasteiger partial charge in [-0.1, -0.05) is 19.7 Å². The van der Waals surface area contributed by atoms with Gasteiger partial charge in [0.1, 0.15) is 37.5 Å². The fraction of sp³-hybridized carbons (Fsp3) is 0.800. The zero-order valence-corrected chi connectivity index (χ0v) is 43.9. The number of ether oxygens (including phenoxy) is 6. The average molecular weight is 997 g/mol. The first kappa shape index (κ1) is 69.6. The van der Waals surface area contributed by atoms with Gasteiger partial charge < -0.3 is 93.3 Å². The molecule has 0 radical (unpaired) electrons. The number of hydrogen-bond donors (Lipinski definition) is 5. The number of aliphatic hydroxyl groups excluding tert-OH is 2. The Labute approximate surface area is 410 Å². The number of nitrogens with one attached hydrogen (secondary N) is 3. The lowest BCUT2D eigenvalue weighted by Gasteiger charge is -2.32. The molecule has 6 atom stereocenters. The number of nitrogens with zero attached hydrogens (tertiary/aromatic N) is 3. The monoisotopic (exact) mass is 995 g/mol. The summed E-state index contributed by atoms with van der Waals surface area (Å²) in [6.45, 7) is 29.8. The molecule has 386 valence electrons. The van der Waals surface area contributed by atoms with Crippen molar-refractivity contribution in [2.75, 3.05) is 147 Å². The molecular weight excluding hydrogens is 907 g/mol. The fourth-order valence-electron chi connectivity index (χ4n) is 5.60. The molecule has 2 saturated heterocycles. The van der Waals surface area contributed by atoms with Crippen LogP contribution >= 0.6 is 12.4 Å². The predicted octanol–water partition coefficient (Wildman–Crippen LogP) is -4.29. The van der Waals surface area contributed by atoms with Crippen LogP contribution in [0.2, 0.25) is 0 Å². The Morgan fingerprint density at radius 2 is 1.02 bits per heavy atom. The van der Waals surface area contributed by atoms with Gasteiger partial charge in [-0.05, 0) is 61.7 Å².